The molecular weight excluding hydrogens is 1000 g/mol. The lowest BCUT2D eigenvalue weighted by molar-refractivity contribution is 0.671. The third-order valence-electron chi connectivity index (χ3n) is 17.6. The molecule has 16 aromatic carbocycles. The summed E-state index contributed by atoms with van der Waals surface area (Å²) in [6.07, 6.45) is 0. The number of hydrogen-bond acceptors (Lipinski definition) is 1. The van der Waals surface area contributed by atoms with Crippen molar-refractivity contribution in [2.24, 2.45) is 0 Å². The molecule has 384 valence electrons. The van der Waals surface area contributed by atoms with Gasteiger partial charge in [-0.3, -0.25) is 0 Å². The van der Waals surface area contributed by atoms with E-state index in [1.54, 1.807) is 0 Å². The molecule has 0 fully saturated rings. The lowest BCUT2D eigenvalue weighted by Crippen LogP contribution is -1.91. The maximum absolute atomic E-state index is 7.15. The van der Waals surface area contributed by atoms with Gasteiger partial charge in [0.1, 0.15) is 11.2 Å². The molecule has 0 N–H and O–H groups in total. The number of benzene rings is 16. The summed E-state index contributed by atoms with van der Waals surface area (Å²) in [6, 6.07) is 112. The maximum Gasteiger partial charge on any atom is 0.143 e. The van der Waals surface area contributed by atoms with E-state index in [1.165, 1.54) is 137 Å². The first-order valence-corrected chi connectivity index (χ1v) is 28.7. The lowest BCUT2D eigenvalue weighted by Gasteiger charge is -2.18. The van der Waals surface area contributed by atoms with Crippen LogP contribution in [0.3, 0.4) is 0 Å². The minimum atomic E-state index is 0.901. The number of para-hydroxylation sites is 2. The van der Waals surface area contributed by atoms with Gasteiger partial charge < -0.3 is 4.42 Å². The van der Waals surface area contributed by atoms with Gasteiger partial charge in [-0.1, -0.05) is 267 Å². The summed E-state index contributed by atoms with van der Waals surface area (Å²) in [7, 11) is 0. The molecule has 1 nitrogen and oxygen atoms in total. The zero-order valence-electron chi connectivity index (χ0n) is 45.3. The van der Waals surface area contributed by atoms with E-state index in [9.17, 15) is 0 Å². The van der Waals surface area contributed by atoms with Crippen LogP contribution >= 0.6 is 0 Å². The highest BCUT2D eigenvalue weighted by atomic mass is 16.3. The lowest BCUT2D eigenvalue weighted by atomic mass is 9.85. The summed E-state index contributed by atoms with van der Waals surface area (Å²) >= 11 is 0. The van der Waals surface area contributed by atoms with E-state index >= 15 is 0 Å². The van der Waals surface area contributed by atoms with E-state index in [0.717, 1.165) is 38.6 Å². The van der Waals surface area contributed by atoms with Gasteiger partial charge in [-0.25, -0.2) is 0 Å². The Morgan fingerprint density at radius 1 is 0.157 bits per heavy atom. The molecule has 83 heavy (non-hydrogen) atoms. The zero-order valence-corrected chi connectivity index (χ0v) is 45.3. The quantitative estimate of drug-likeness (QED) is 0.145. The predicted octanol–water partition coefficient (Wildman–Crippen LogP) is 23.3. The summed E-state index contributed by atoms with van der Waals surface area (Å²) in [4.78, 5) is 0. The molecule has 17 aromatic rings. The first kappa shape index (κ1) is 47.0. The van der Waals surface area contributed by atoms with Crippen molar-refractivity contribution in [2.45, 2.75) is 0 Å². The van der Waals surface area contributed by atoms with E-state index in [1.807, 2.05) is 0 Å². The Bertz CT molecular complexity index is 5410. The van der Waals surface area contributed by atoms with Crippen LogP contribution in [0.5, 0.6) is 0 Å². The van der Waals surface area contributed by atoms with Gasteiger partial charge in [-0.05, 0) is 173 Å². The molecule has 0 aliphatic rings. The second-order valence-electron chi connectivity index (χ2n) is 22.2. The number of rotatable bonds is 7. The van der Waals surface area contributed by atoms with Crippen LogP contribution in [0.15, 0.2) is 308 Å². The van der Waals surface area contributed by atoms with Crippen molar-refractivity contribution >= 4 is 97.3 Å². The zero-order chi connectivity index (χ0) is 54.5. The molecule has 0 saturated heterocycles. The second kappa shape index (κ2) is 18.9. The van der Waals surface area contributed by atoms with Crippen molar-refractivity contribution in [1.82, 2.24) is 0 Å². The molecule has 17 rings (SSSR count). The van der Waals surface area contributed by atoms with E-state index in [0.29, 0.717) is 0 Å². The molecule has 1 heterocycles. The summed E-state index contributed by atoms with van der Waals surface area (Å²) in [5.41, 5.74) is 18.4. The van der Waals surface area contributed by atoms with Crippen LogP contribution in [-0.4, -0.2) is 0 Å². The molecule has 1 heteroatoms. The molecule has 0 aliphatic carbocycles. The van der Waals surface area contributed by atoms with Crippen LogP contribution in [-0.2, 0) is 0 Å². The van der Waals surface area contributed by atoms with Crippen LogP contribution < -0.4 is 0 Å². The summed E-state index contributed by atoms with van der Waals surface area (Å²) in [5.74, 6) is 0. The SMILES string of the molecule is c1cc(-c2ccc3ccc(-c4cccc(-c5c6ccccc6c(-c6cccc7c6oc6c(-c8ccc9ccccc9c8)cccc67)c6ccccc56)c4)cc3c2)cc(-c2c3ccccc3c(-c3ccc4ccccc4c3)c3ccccc23)c1. The highest BCUT2D eigenvalue weighted by Gasteiger charge is 2.23. The van der Waals surface area contributed by atoms with Crippen LogP contribution in [0.1, 0.15) is 0 Å². The maximum atomic E-state index is 7.15. The third kappa shape index (κ3) is 7.63. The topological polar surface area (TPSA) is 13.1 Å². The molecule has 0 amide bonds. The van der Waals surface area contributed by atoms with Gasteiger partial charge in [0.05, 0.1) is 0 Å². The average molecular weight is 1050 g/mol. The molecule has 0 saturated carbocycles. The number of hydrogen-bond donors (Lipinski definition) is 0. The Hall–Kier alpha value is -10.9. The first-order valence-electron chi connectivity index (χ1n) is 28.7. The normalized spacial score (nSPS) is 11.9. The van der Waals surface area contributed by atoms with Gasteiger partial charge in [0.15, 0.2) is 0 Å². The molecule has 0 atom stereocenters. The van der Waals surface area contributed by atoms with Gasteiger partial charge in [0, 0.05) is 27.5 Å². The van der Waals surface area contributed by atoms with E-state index in [2.05, 4.69) is 303 Å². The molecule has 0 unspecified atom stereocenters. The fraction of sp³-hybridized carbons (Fsp3) is 0. The van der Waals surface area contributed by atoms with E-state index < -0.39 is 0 Å². The summed E-state index contributed by atoms with van der Waals surface area (Å²) in [6.45, 7) is 0. The van der Waals surface area contributed by atoms with Crippen molar-refractivity contribution in [3.05, 3.63) is 303 Å². The van der Waals surface area contributed by atoms with Crippen LogP contribution in [0.25, 0.3) is 175 Å². The minimum absolute atomic E-state index is 0.901. The van der Waals surface area contributed by atoms with Crippen LogP contribution in [0, 0.1) is 0 Å². The third-order valence-corrected chi connectivity index (χ3v) is 17.6. The van der Waals surface area contributed by atoms with Crippen molar-refractivity contribution < 1.29 is 4.42 Å². The van der Waals surface area contributed by atoms with Crippen molar-refractivity contribution in [3.63, 3.8) is 0 Å². The average Bonchev–Trinajstić information content (AvgIpc) is 4.13. The fourth-order valence-electron chi connectivity index (χ4n) is 13.7. The van der Waals surface area contributed by atoms with E-state index in [4.69, 9.17) is 4.42 Å². The number of furan rings is 1. The Kier molecular flexibility index (Phi) is 10.7. The second-order valence-corrected chi connectivity index (χ2v) is 22.2. The smallest absolute Gasteiger partial charge is 0.143 e. The Morgan fingerprint density at radius 3 is 0.916 bits per heavy atom. The van der Waals surface area contributed by atoms with Crippen LogP contribution in [0.2, 0.25) is 0 Å². The predicted molar refractivity (Wildman–Crippen MR) is 354 cm³/mol. The van der Waals surface area contributed by atoms with E-state index in [-0.39, 0.29) is 0 Å². The Balaban J connectivity index is 0.756. The Morgan fingerprint density at radius 2 is 0.446 bits per heavy atom. The van der Waals surface area contributed by atoms with Gasteiger partial charge >= 0.3 is 0 Å². The largest absolute Gasteiger partial charge is 0.455 e. The van der Waals surface area contributed by atoms with Gasteiger partial charge in [-0.15, -0.1) is 0 Å². The van der Waals surface area contributed by atoms with Gasteiger partial charge in [0.25, 0.3) is 0 Å². The van der Waals surface area contributed by atoms with Crippen molar-refractivity contribution in [1.29, 1.82) is 0 Å². The molecule has 0 bridgehead atoms. The van der Waals surface area contributed by atoms with Crippen molar-refractivity contribution in [2.75, 3.05) is 0 Å². The fourth-order valence-corrected chi connectivity index (χ4v) is 13.7. The molecule has 1 aromatic heterocycles. The van der Waals surface area contributed by atoms with Crippen molar-refractivity contribution in [3.8, 4) is 77.9 Å². The highest BCUT2D eigenvalue weighted by molar-refractivity contribution is 6.25. The minimum Gasteiger partial charge on any atom is -0.455 e. The van der Waals surface area contributed by atoms with Gasteiger partial charge in [-0.2, -0.15) is 0 Å². The molecule has 0 spiro atoms. The Labute approximate surface area is 480 Å². The standard InChI is InChI=1S/C82H50O/c1-3-19-54-45-60(43-39-51(54)17-1)65-33-15-34-74-75-35-16-36-76(82(75)83-81(65)74)80-72-31-11-9-29-70(72)78(71-30-10-12-32-73(71)80)62-24-14-22-57(48-62)59-42-38-53-37-41-58(49-64(53)50-59)56-21-13-23-61(47-56)77-66-25-5-7-27-68(66)79(69-28-8-6-26-67(69)77)63-44-40-52-18-2-4-20-55(52)46-63/h1-50H. The molecular formula is C82H50O. The summed E-state index contributed by atoms with van der Waals surface area (Å²) < 4.78 is 7.15. The molecule has 0 radical (unpaired) electrons. The van der Waals surface area contributed by atoms with Crippen LogP contribution in [0.4, 0.5) is 0 Å². The van der Waals surface area contributed by atoms with Gasteiger partial charge in [0.2, 0.25) is 0 Å². The monoisotopic (exact) mass is 1050 g/mol. The highest BCUT2D eigenvalue weighted by Crippen LogP contribution is 2.49. The number of fused-ring (bicyclic) bond motifs is 10. The first-order chi connectivity index (χ1) is 41.1. The molecule has 0 aliphatic heterocycles. The summed E-state index contributed by atoms with van der Waals surface area (Å²) in [5, 5.41) is 19.4.